The van der Waals surface area contributed by atoms with Crippen LogP contribution >= 0.6 is 0 Å². The molecule has 0 bridgehead atoms. The van der Waals surface area contributed by atoms with Crippen molar-refractivity contribution in [2.45, 2.75) is 45.1 Å². The van der Waals surface area contributed by atoms with Crippen molar-refractivity contribution in [1.82, 2.24) is 4.98 Å². The van der Waals surface area contributed by atoms with Gasteiger partial charge in [-0.3, -0.25) is 9.78 Å². The fraction of sp³-hybridized carbons (Fsp3) is 0.625. The minimum absolute atomic E-state index is 0.00191. The van der Waals surface area contributed by atoms with E-state index in [1.807, 2.05) is 18.2 Å². The summed E-state index contributed by atoms with van der Waals surface area (Å²) >= 11 is 0. The third-order valence-electron chi connectivity index (χ3n) is 4.22. The molecule has 0 aromatic carbocycles. The number of carbonyl (C=O) groups excluding carboxylic acids is 1. The Labute approximate surface area is 120 Å². The van der Waals surface area contributed by atoms with Crippen molar-refractivity contribution in [2.24, 2.45) is 11.8 Å². The summed E-state index contributed by atoms with van der Waals surface area (Å²) in [5.74, 6) is 0.725. The summed E-state index contributed by atoms with van der Waals surface area (Å²) in [5.41, 5.74) is 1.78. The molecule has 0 spiro atoms. The highest BCUT2D eigenvalue weighted by Crippen LogP contribution is 2.32. The predicted octanol–water partition coefficient (Wildman–Crippen LogP) is 2.49. The molecule has 1 aromatic rings. The Kier molecular flexibility index (Phi) is 5.53. The number of aromatic nitrogens is 1. The van der Waals surface area contributed by atoms with Crippen LogP contribution in [0.3, 0.4) is 0 Å². The van der Waals surface area contributed by atoms with Gasteiger partial charge in [-0.05, 0) is 56.6 Å². The maximum absolute atomic E-state index is 11.5. The summed E-state index contributed by atoms with van der Waals surface area (Å²) in [7, 11) is 1.47. The van der Waals surface area contributed by atoms with Gasteiger partial charge < -0.3 is 9.84 Å². The molecule has 4 heteroatoms. The molecule has 1 aliphatic carbocycles. The van der Waals surface area contributed by atoms with Crippen LogP contribution < -0.4 is 0 Å². The molecular weight excluding hydrogens is 254 g/mol. The summed E-state index contributed by atoms with van der Waals surface area (Å²) in [4.78, 5) is 15.9. The van der Waals surface area contributed by atoms with Gasteiger partial charge in [0.15, 0.2) is 0 Å². The molecule has 20 heavy (non-hydrogen) atoms. The van der Waals surface area contributed by atoms with Gasteiger partial charge in [0.2, 0.25) is 0 Å². The molecule has 1 fully saturated rings. The zero-order chi connectivity index (χ0) is 14.4. The average Bonchev–Trinajstić information content (AvgIpc) is 2.53. The first kappa shape index (κ1) is 15.0. The van der Waals surface area contributed by atoms with Crippen LogP contribution in [0.1, 0.15) is 43.5 Å². The van der Waals surface area contributed by atoms with E-state index in [0.717, 1.165) is 49.9 Å². The second-order valence-electron chi connectivity index (χ2n) is 5.56. The lowest BCUT2D eigenvalue weighted by atomic mass is 9.80. The van der Waals surface area contributed by atoms with Crippen molar-refractivity contribution < 1.29 is 14.6 Å². The Bertz CT molecular complexity index is 439. The SMILES string of the molecule is COC(=O)C1CCC(CCc2cccc(CO)n2)CC1. The molecule has 0 atom stereocenters. The summed E-state index contributed by atoms with van der Waals surface area (Å²) in [6.45, 7) is -0.00191. The summed E-state index contributed by atoms with van der Waals surface area (Å²) in [5, 5.41) is 9.08. The number of pyridine rings is 1. The van der Waals surface area contributed by atoms with Gasteiger partial charge in [0.1, 0.15) is 0 Å². The number of aliphatic hydroxyl groups is 1. The number of hydrogen-bond acceptors (Lipinski definition) is 4. The Hall–Kier alpha value is -1.42. The second-order valence-corrected chi connectivity index (χ2v) is 5.56. The minimum atomic E-state index is -0.0548. The monoisotopic (exact) mass is 277 g/mol. The molecule has 0 unspecified atom stereocenters. The lowest BCUT2D eigenvalue weighted by Gasteiger charge is -2.26. The van der Waals surface area contributed by atoms with E-state index in [1.54, 1.807) is 0 Å². The van der Waals surface area contributed by atoms with E-state index in [4.69, 9.17) is 9.84 Å². The lowest BCUT2D eigenvalue weighted by molar-refractivity contribution is -0.146. The van der Waals surface area contributed by atoms with Gasteiger partial charge in [-0.2, -0.15) is 0 Å². The largest absolute Gasteiger partial charge is 0.469 e. The topological polar surface area (TPSA) is 59.4 Å². The standard InChI is InChI=1S/C16H23NO3/c1-20-16(19)13-8-5-12(6-9-13)7-10-14-3-2-4-15(11-18)17-14/h2-4,12-13,18H,5-11H2,1H3. The summed E-state index contributed by atoms with van der Waals surface area (Å²) in [6, 6.07) is 5.80. The second kappa shape index (κ2) is 7.39. The Balaban J connectivity index is 1.77. The van der Waals surface area contributed by atoms with Crippen molar-refractivity contribution in [3.63, 3.8) is 0 Å². The molecule has 0 radical (unpaired) electrons. The van der Waals surface area contributed by atoms with Crippen LogP contribution in [0, 0.1) is 11.8 Å². The van der Waals surface area contributed by atoms with E-state index < -0.39 is 0 Å². The number of aliphatic hydroxyl groups excluding tert-OH is 1. The number of carbonyl (C=O) groups is 1. The van der Waals surface area contributed by atoms with Gasteiger partial charge in [-0.15, -0.1) is 0 Å². The number of esters is 1. The van der Waals surface area contributed by atoms with E-state index in [2.05, 4.69) is 4.98 Å². The van der Waals surface area contributed by atoms with Crippen LogP contribution in [0.4, 0.5) is 0 Å². The molecule has 1 aliphatic rings. The number of nitrogens with zero attached hydrogens (tertiary/aromatic N) is 1. The van der Waals surface area contributed by atoms with E-state index in [9.17, 15) is 4.79 Å². The normalized spacial score (nSPS) is 22.5. The summed E-state index contributed by atoms with van der Waals surface area (Å²) in [6.07, 6.45) is 6.14. The van der Waals surface area contributed by atoms with Crippen molar-refractivity contribution >= 4 is 5.97 Å². The van der Waals surface area contributed by atoms with Crippen LogP contribution in [0.25, 0.3) is 0 Å². The zero-order valence-corrected chi connectivity index (χ0v) is 12.0. The fourth-order valence-corrected chi connectivity index (χ4v) is 2.96. The fourth-order valence-electron chi connectivity index (χ4n) is 2.96. The average molecular weight is 277 g/mol. The first-order chi connectivity index (χ1) is 9.72. The molecule has 0 saturated heterocycles. The van der Waals surface area contributed by atoms with Crippen LogP contribution in [0.15, 0.2) is 18.2 Å². The Morgan fingerprint density at radius 1 is 1.30 bits per heavy atom. The van der Waals surface area contributed by atoms with Gasteiger partial charge in [-0.25, -0.2) is 0 Å². The summed E-state index contributed by atoms with van der Waals surface area (Å²) < 4.78 is 4.81. The maximum Gasteiger partial charge on any atom is 0.308 e. The van der Waals surface area contributed by atoms with E-state index in [-0.39, 0.29) is 18.5 Å². The molecule has 1 N–H and O–H groups in total. The molecule has 0 amide bonds. The van der Waals surface area contributed by atoms with E-state index in [0.29, 0.717) is 5.92 Å². The third-order valence-corrected chi connectivity index (χ3v) is 4.22. The van der Waals surface area contributed by atoms with Gasteiger partial charge in [0.25, 0.3) is 0 Å². The smallest absolute Gasteiger partial charge is 0.308 e. The number of hydrogen-bond donors (Lipinski definition) is 1. The van der Waals surface area contributed by atoms with Gasteiger partial charge in [0.05, 0.1) is 25.3 Å². The quantitative estimate of drug-likeness (QED) is 0.840. The number of rotatable bonds is 5. The maximum atomic E-state index is 11.5. The first-order valence-electron chi connectivity index (χ1n) is 7.36. The van der Waals surface area contributed by atoms with Crippen LogP contribution in [-0.4, -0.2) is 23.2 Å². The van der Waals surface area contributed by atoms with Crippen molar-refractivity contribution in [2.75, 3.05) is 7.11 Å². The van der Waals surface area contributed by atoms with Gasteiger partial charge in [0, 0.05) is 5.69 Å². The van der Waals surface area contributed by atoms with Crippen LogP contribution in [0.5, 0.6) is 0 Å². The number of ether oxygens (including phenoxy) is 1. The lowest BCUT2D eigenvalue weighted by Crippen LogP contribution is -2.23. The highest BCUT2D eigenvalue weighted by Gasteiger charge is 2.26. The number of methoxy groups -OCH3 is 1. The molecule has 0 aliphatic heterocycles. The molecule has 4 nitrogen and oxygen atoms in total. The predicted molar refractivity (Wildman–Crippen MR) is 75.9 cm³/mol. The number of aryl methyl sites for hydroxylation is 1. The Morgan fingerprint density at radius 3 is 2.65 bits per heavy atom. The van der Waals surface area contributed by atoms with Crippen molar-refractivity contribution in [3.05, 3.63) is 29.6 Å². The van der Waals surface area contributed by atoms with Gasteiger partial charge in [-0.1, -0.05) is 6.07 Å². The van der Waals surface area contributed by atoms with Crippen molar-refractivity contribution in [3.8, 4) is 0 Å². The third kappa shape index (κ3) is 4.04. The van der Waals surface area contributed by atoms with E-state index in [1.165, 1.54) is 7.11 Å². The zero-order valence-electron chi connectivity index (χ0n) is 12.0. The molecule has 1 saturated carbocycles. The molecule has 2 rings (SSSR count). The van der Waals surface area contributed by atoms with Gasteiger partial charge >= 0.3 is 5.97 Å². The van der Waals surface area contributed by atoms with Crippen molar-refractivity contribution in [1.29, 1.82) is 0 Å². The van der Waals surface area contributed by atoms with Crippen LogP contribution in [0.2, 0.25) is 0 Å². The Morgan fingerprint density at radius 2 is 2.00 bits per heavy atom. The molecule has 1 heterocycles. The first-order valence-corrected chi connectivity index (χ1v) is 7.36. The van der Waals surface area contributed by atoms with Crippen LogP contribution in [-0.2, 0) is 22.6 Å². The molecule has 1 aromatic heterocycles. The highest BCUT2D eigenvalue weighted by atomic mass is 16.5. The highest BCUT2D eigenvalue weighted by molar-refractivity contribution is 5.72. The molecular formula is C16H23NO3. The minimum Gasteiger partial charge on any atom is -0.469 e. The molecule has 110 valence electrons. The van der Waals surface area contributed by atoms with E-state index >= 15 is 0 Å².